The molecule has 0 unspecified atom stereocenters. The highest BCUT2D eigenvalue weighted by Gasteiger charge is 2.30. The zero-order valence-corrected chi connectivity index (χ0v) is 14.4. The molecule has 2 aliphatic heterocycles. The van der Waals surface area contributed by atoms with Crippen molar-refractivity contribution < 1.29 is 9.53 Å². The zero-order valence-electron chi connectivity index (χ0n) is 12.9. The van der Waals surface area contributed by atoms with Crippen LogP contribution in [0, 0.1) is 0 Å². The van der Waals surface area contributed by atoms with E-state index in [4.69, 9.17) is 27.9 Å². The van der Waals surface area contributed by atoms with E-state index in [1.165, 1.54) is 0 Å². The lowest BCUT2D eigenvalue weighted by Crippen LogP contribution is -2.56. The largest absolute Gasteiger partial charge is 0.484 e. The van der Waals surface area contributed by atoms with Crippen LogP contribution in [0.15, 0.2) is 52.4 Å². The second-order valence-corrected chi connectivity index (χ2v) is 6.26. The van der Waals surface area contributed by atoms with Crippen molar-refractivity contribution in [3.05, 3.63) is 58.1 Å². The Labute approximate surface area is 153 Å². The number of amides is 1. The summed E-state index contributed by atoms with van der Waals surface area (Å²) in [4.78, 5) is 20.7. The van der Waals surface area contributed by atoms with Crippen LogP contribution in [0.5, 0.6) is 5.75 Å². The van der Waals surface area contributed by atoms with Gasteiger partial charge in [-0.05, 0) is 30.3 Å². The van der Waals surface area contributed by atoms with Gasteiger partial charge in [0, 0.05) is 10.6 Å². The number of halogens is 2. The first-order valence-corrected chi connectivity index (χ1v) is 8.26. The third-order valence-corrected chi connectivity index (χ3v) is 4.25. The van der Waals surface area contributed by atoms with Crippen LogP contribution in [-0.2, 0) is 4.79 Å². The fourth-order valence-corrected chi connectivity index (χ4v) is 3.07. The lowest BCUT2D eigenvalue weighted by Gasteiger charge is -2.33. The van der Waals surface area contributed by atoms with Crippen LogP contribution in [0.3, 0.4) is 0 Å². The Morgan fingerprint density at radius 2 is 2.04 bits per heavy atom. The fourth-order valence-electron chi connectivity index (χ4n) is 2.60. The average molecular weight is 375 g/mol. The predicted octanol–water partition coefficient (Wildman–Crippen LogP) is 3.21. The first kappa shape index (κ1) is 15.9. The van der Waals surface area contributed by atoms with Gasteiger partial charge >= 0.3 is 0 Å². The molecule has 1 N–H and O–H groups in total. The molecule has 25 heavy (non-hydrogen) atoms. The number of carbonyl (C=O) groups is 1. The van der Waals surface area contributed by atoms with Crippen LogP contribution in [0.25, 0.3) is 0 Å². The van der Waals surface area contributed by atoms with Gasteiger partial charge in [-0.3, -0.25) is 15.2 Å². The molecule has 6 nitrogen and oxygen atoms in total. The molecule has 0 atom stereocenters. The zero-order chi connectivity index (χ0) is 17.4. The van der Waals surface area contributed by atoms with Crippen molar-refractivity contribution in [1.82, 2.24) is 10.4 Å². The Morgan fingerprint density at radius 1 is 1.20 bits per heavy atom. The van der Waals surface area contributed by atoms with Gasteiger partial charge in [-0.2, -0.15) is 0 Å². The van der Waals surface area contributed by atoms with E-state index in [2.05, 4.69) is 15.4 Å². The maximum atomic E-state index is 11.7. The molecule has 2 aromatic carbocycles. The quantitative estimate of drug-likeness (QED) is 0.896. The number of benzene rings is 2. The molecule has 0 saturated carbocycles. The molecule has 4 rings (SSSR count). The minimum atomic E-state index is -0.208. The van der Waals surface area contributed by atoms with Crippen molar-refractivity contribution >= 4 is 46.5 Å². The van der Waals surface area contributed by atoms with E-state index >= 15 is 0 Å². The van der Waals surface area contributed by atoms with E-state index in [1.54, 1.807) is 23.2 Å². The fraction of sp³-hybridized carbons (Fsp3) is 0.118. The van der Waals surface area contributed by atoms with E-state index < -0.39 is 0 Å². The summed E-state index contributed by atoms with van der Waals surface area (Å²) >= 11 is 12.0. The highest BCUT2D eigenvalue weighted by Crippen LogP contribution is 2.29. The number of fused-ring (bicyclic) bond motifs is 3. The van der Waals surface area contributed by atoms with E-state index in [-0.39, 0.29) is 19.1 Å². The molecule has 126 valence electrons. The summed E-state index contributed by atoms with van der Waals surface area (Å²) < 4.78 is 5.76. The lowest BCUT2D eigenvalue weighted by molar-refractivity contribution is -0.122. The summed E-state index contributed by atoms with van der Waals surface area (Å²) in [6.45, 7) is 0.187. The summed E-state index contributed by atoms with van der Waals surface area (Å²) in [7, 11) is 0. The minimum Gasteiger partial charge on any atom is -0.484 e. The number of carbonyl (C=O) groups excluding carboxylic acids is 1. The van der Waals surface area contributed by atoms with Gasteiger partial charge in [0.05, 0.1) is 10.7 Å². The number of rotatable bonds is 3. The summed E-state index contributed by atoms with van der Waals surface area (Å²) in [5.41, 5.74) is 4.40. The molecule has 0 saturated heterocycles. The van der Waals surface area contributed by atoms with Gasteiger partial charge in [0.1, 0.15) is 18.9 Å². The highest BCUT2D eigenvalue weighted by molar-refractivity contribution is 6.35. The van der Waals surface area contributed by atoms with Crippen LogP contribution < -0.4 is 10.2 Å². The van der Waals surface area contributed by atoms with Crippen molar-refractivity contribution in [1.29, 1.82) is 0 Å². The van der Waals surface area contributed by atoms with Gasteiger partial charge in [0.25, 0.3) is 5.91 Å². The maximum absolute atomic E-state index is 11.7. The Kier molecular flexibility index (Phi) is 4.07. The van der Waals surface area contributed by atoms with Gasteiger partial charge in [-0.1, -0.05) is 35.3 Å². The van der Waals surface area contributed by atoms with Gasteiger partial charge in [0.2, 0.25) is 0 Å². The Hall–Kier alpha value is -2.57. The molecular weight excluding hydrogens is 363 g/mol. The number of hydrogen-bond acceptors (Lipinski definition) is 5. The molecule has 2 heterocycles. The van der Waals surface area contributed by atoms with Crippen LogP contribution in [0.4, 0.5) is 5.69 Å². The van der Waals surface area contributed by atoms with Crippen molar-refractivity contribution in [2.24, 2.45) is 9.98 Å². The van der Waals surface area contributed by atoms with Crippen LogP contribution in [-0.4, -0.2) is 35.7 Å². The van der Waals surface area contributed by atoms with Gasteiger partial charge in [-0.25, -0.2) is 10.0 Å². The lowest BCUT2D eigenvalue weighted by atomic mass is 10.1. The molecule has 2 aliphatic rings. The number of para-hydroxylation sites is 1. The third kappa shape index (κ3) is 3.06. The molecule has 0 aromatic heterocycles. The SMILES string of the molecule is O=C1CN=C2c3ccccc3N=C(COc3ccc(Cl)cc3Cl)N2N1. The summed E-state index contributed by atoms with van der Waals surface area (Å²) in [6, 6.07) is 12.6. The second-order valence-electron chi connectivity index (χ2n) is 5.42. The molecule has 0 spiro atoms. The summed E-state index contributed by atoms with van der Waals surface area (Å²) in [6.07, 6.45) is 0. The third-order valence-electron chi connectivity index (χ3n) is 3.72. The smallest absolute Gasteiger partial charge is 0.260 e. The topological polar surface area (TPSA) is 66.3 Å². The highest BCUT2D eigenvalue weighted by atomic mass is 35.5. The normalized spacial score (nSPS) is 15.6. The molecule has 8 heteroatoms. The number of nitrogens with zero attached hydrogens (tertiary/aromatic N) is 3. The molecular formula is C17H12Cl2N4O2. The summed E-state index contributed by atoms with van der Waals surface area (Å²) in [5, 5.41) is 2.48. The molecule has 0 bridgehead atoms. The van der Waals surface area contributed by atoms with Crippen molar-refractivity contribution in [2.75, 3.05) is 13.2 Å². The Morgan fingerprint density at radius 3 is 2.88 bits per heavy atom. The molecule has 0 radical (unpaired) electrons. The van der Waals surface area contributed by atoms with Crippen LogP contribution in [0.1, 0.15) is 5.56 Å². The molecule has 1 amide bonds. The standard InChI is InChI=1S/C17H12Cl2N4O2/c18-10-5-6-14(12(19)7-10)25-9-15-21-13-4-2-1-3-11(13)17-20-8-16(24)22-23(15)17/h1-7H,8-9H2,(H,22,24). The molecule has 0 aliphatic carbocycles. The van der Waals surface area contributed by atoms with Crippen LogP contribution in [0.2, 0.25) is 10.0 Å². The van der Waals surface area contributed by atoms with Crippen molar-refractivity contribution in [3.8, 4) is 5.75 Å². The van der Waals surface area contributed by atoms with Gasteiger partial charge in [0.15, 0.2) is 11.7 Å². The number of hydrogen-bond donors (Lipinski definition) is 1. The number of hydrazine groups is 1. The van der Waals surface area contributed by atoms with Gasteiger partial charge < -0.3 is 4.74 Å². The summed E-state index contributed by atoms with van der Waals surface area (Å²) in [5.74, 6) is 1.43. The second kappa shape index (κ2) is 6.38. The number of aliphatic imine (C=N–C) groups is 2. The average Bonchev–Trinajstić information content (AvgIpc) is 2.60. The first-order chi connectivity index (χ1) is 12.1. The number of amidine groups is 2. The molecule has 0 fully saturated rings. The van der Waals surface area contributed by atoms with E-state index in [0.717, 1.165) is 11.3 Å². The first-order valence-electron chi connectivity index (χ1n) is 7.51. The van der Waals surface area contributed by atoms with E-state index in [0.29, 0.717) is 27.5 Å². The Balaban J connectivity index is 1.66. The monoisotopic (exact) mass is 374 g/mol. The molecule has 2 aromatic rings. The van der Waals surface area contributed by atoms with E-state index in [1.807, 2.05) is 24.3 Å². The van der Waals surface area contributed by atoms with Crippen molar-refractivity contribution in [3.63, 3.8) is 0 Å². The van der Waals surface area contributed by atoms with E-state index in [9.17, 15) is 4.79 Å². The minimum absolute atomic E-state index is 0.0807. The maximum Gasteiger partial charge on any atom is 0.260 e. The van der Waals surface area contributed by atoms with Gasteiger partial charge in [-0.15, -0.1) is 0 Å². The Bertz CT molecular complexity index is 927. The predicted molar refractivity (Wildman–Crippen MR) is 96.9 cm³/mol. The van der Waals surface area contributed by atoms with Crippen LogP contribution >= 0.6 is 23.2 Å². The number of ether oxygens (including phenoxy) is 1. The number of nitrogens with one attached hydrogen (secondary N) is 1. The van der Waals surface area contributed by atoms with Crippen molar-refractivity contribution in [2.45, 2.75) is 0 Å².